The lowest BCUT2D eigenvalue weighted by atomic mass is 9.96. The number of rotatable bonds is 5. The molecule has 2 N–H and O–H groups in total. The highest BCUT2D eigenvalue weighted by atomic mass is 16.6. The molecule has 0 spiro atoms. The quantitative estimate of drug-likeness (QED) is 0.592. The van der Waals surface area contributed by atoms with Crippen LogP contribution in [0.2, 0.25) is 0 Å². The van der Waals surface area contributed by atoms with Crippen LogP contribution in [0.15, 0.2) is 24.3 Å². The molecule has 1 aliphatic carbocycles. The van der Waals surface area contributed by atoms with Gasteiger partial charge in [0.25, 0.3) is 5.91 Å². The van der Waals surface area contributed by atoms with E-state index in [2.05, 4.69) is 10.6 Å². The minimum absolute atomic E-state index is 0.0954. The standard InChI is InChI=1S/C20H24N2O6/c23-18(22-20(25)21-15-4-2-1-3-5-15)13-28-19(24)9-7-14-6-8-16-17(12-14)27-11-10-26-16/h6-9,12,15H,1-5,10-11,13H2,(H2,21,22,23,25). The Morgan fingerprint density at radius 3 is 2.61 bits per heavy atom. The van der Waals surface area contributed by atoms with Gasteiger partial charge in [0.15, 0.2) is 18.1 Å². The Balaban J connectivity index is 1.39. The molecule has 1 saturated carbocycles. The molecule has 1 aromatic rings. The van der Waals surface area contributed by atoms with E-state index < -0.39 is 24.5 Å². The predicted octanol–water partition coefficient (Wildman–Crippen LogP) is 2.17. The second-order valence-electron chi connectivity index (χ2n) is 6.70. The van der Waals surface area contributed by atoms with Crippen LogP contribution >= 0.6 is 0 Å². The van der Waals surface area contributed by atoms with E-state index >= 15 is 0 Å². The fourth-order valence-corrected chi connectivity index (χ4v) is 3.14. The number of hydrogen-bond acceptors (Lipinski definition) is 6. The molecule has 0 aromatic heterocycles. The first-order valence-electron chi connectivity index (χ1n) is 9.45. The summed E-state index contributed by atoms with van der Waals surface area (Å²) in [7, 11) is 0. The smallest absolute Gasteiger partial charge is 0.331 e. The van der Waals surface area contributed by atoms with Crippen LogP contribution in [0.4, 0.5) is 4.79 Å². The molecule has 2 aliphatic rings. The van der Waals surface area contributed by atoms with E-state index in [1.165, 1.54) is 12.5 Å². The number of carbonyl (C=O) groups is 3. The van der Waals surface area contributed by atoms with Crippen molar-refractivity contribution in [1.29, 1.82) is 0 Å². The summed E-state index contributed by atoms with van der Waals surface area (Å²) in [4.78, 5) is 35.3. The summed E-state index contributed by atoms with van der Waals surface area (Å²) < 4.78 is 15.8. The van der Waals surface area contributed by atoms with Crippen molar-refractivity contribution in [2.24, 2.45) is 0 Å². The molecular weight excluding hydrogens is 364 g/mol. The molecule has 28 heavy (non-hydrogen) atoms. The molecular formula is C20H24N2O6. The van der Waals surface area contributed by atoms with Gasteiger partial charge >= 0.3 is 12.0 Å². The van der Waals surface area contributed by atoms with Gasteiger partial charge in [-0.2, -0.15) is 0 Å². The van der Waals surface area contributed by atoms with Crippen LogP contribution in [0.3, 0.4) is 0 Å². The Labute approximate surface area is 163 Å². The average Bonchev–Trinajstić information content (AvgIpc) is 2.71. The summed E-state index contributed by atoms with van der Waals surface area (Å²) in [5, 5.41) is 4.93. The summed E-state index contributed by atoms with van der Waals surface area (Å²) in [5.41, 5.74) is 0.734. The van der Waals surface area contributed by atoms with Crippen molar-refractivity contribution in [2.45, 2.75) is 38.1 Å². The Kier molecular flexibility index (Phi) is 6.89. The Bertz CT molecular complexity index is 755. The van der Waals surface area contributed by atoms with Gasteiger partial charge in [-0.1, -0.05) is 25.3 Å². The third kappa shape index (κ3) is 6.00. The van der Waals surface area contributed by atoms with Crippen molar-refractivity contribution in [3.8, 4) is 11.5 Å². The molecule has 1 fully saturated rings. The summed E-state index contributed by atoms with van der Waals surface area (Å²) in [6.45, 7) is 0.462. The van der Waals surface area contributed by atoms with Gasteiger partial charge < -0.3 is 19.5 Å². The molecule has 3 amide bonds. The first-order chi connectivity index (χ1) is 13.6. The normalized spacial score (nSPS) is 16.4. The van der Waals surface area contributed by atoms with E-state index in [-0.39, 0.29) is 6.04 Å². The van der Waals surface area contributed by atoms with E-state index in [4.69, 9.17) is 14.2 Å². The lowest BCUT2D eigenvalue weighted by Crippen LogP contribution is -2.46. The zero-order chi connectivity index (χ0) is 19.8. The second-order valence-corrected chi connectivity index (χ2v) is 6.70. The third-order valence-corrected chi connectivity index (χ3v) is 4.52. The van der Waals surface area contributed by atoms with Crippen LogP contribution in [-0.4, -0.2) is 43.8 Å². The molecule has 0 saturated heterocycles. The number of fused-ring (bicyclic) bond motifs is 1. The van der Waals surface area contributed by atoms with Crippen LogP contribution in [-0.2, 0) is 14.3 Å². The van der Waals surface area contributed by atoms with Crippen molar-refractivity contribution in [1.82, 2.24) is 10.6 Å². The minimum atomic E-state index is -0.683. The highest BCUT2D eigenvalue weighted by molar-refractivity contribution is 5.96. The topological polar surface area (TPSA) is 103 Å². The molecule has 0 bridgehead atoms. The molecule has 0 atom stereocenters. The highest BCUT2D eigenvalue weighted by Gasteiger charge is 2.17. The van der Waals surface area contributed by atoms with Crippen LogP contribution in [0.5, 0.6) is 11.5 Å². The first-order valence-corrected chi connectivity index (χ1v) is 9.45. The predicted molar refractivity (Wildman–Crippen MR) is 101 cm³/mol. The zero-order valence-electron chi connectivity index (χ0n) is 15.6. The van der Waals surface area contributed by atoms with Gasteiger partial charge in [-0.3, -0.25) is 10.1 Å². The van der Waals surface area contributed by atoms with E-state index in [9.17, 15) is 14.4 Å². The Hall–Kier alpha value is -3.03. The number of esters is 1. The van der Waals surface area contributed by atoms with Crippen LogP contribution in [0.25, 0.3) is 6.08 Å². The van der Waals surface area contributed by atoms with E-state index in [1.54, 1.807) is 24.3 Å². The van der Waals surface area contributed by atoms with E-state index in [0.717, 1.165) is 31.2 Å². The summed E-state index contributed by atoms with van der Waals surface area (Å²) in [6, 6.07) is 4.83. The van der Waals surface area contributed by atoms with Gasteiger partial charge in [0.05, 0.1) is 0 Å². The van der Waals surface area contributed by atoms with Gasteiger partial charge in [0, 0.05) is 12.1 Å². The number of hydrogen-bond donors (Lipinski definition) is 2. The highest BCUT2D eigenvalue weighted by Crippen LogP contribution is 2.31. The number of nitrogens with one attached hydrogen (secondary N) is 2. The maximum absolute atomic E-state index is 11.8. The summed E-state index contributed by atoms with van der Waals surface area (Å²) >= 11 is 0. The molecule has 0 radical (unpaired) electrons. The largest absolute Gasteiger partial charge is 0.486 e. The fourth-order valence-electron chi connectivity index (χ4n) is 3.14. The Morgan fingerprint density at radius 2 is 1.82 bits per heavy atom. The fraction of sp³-hybridized carbons (Fsp3) is 0.450. The number of carbonyl (C=O) groups excluding carboxylic acids is 3. The molecule has 1 aliphatic heterocycles. The maximum atomic E-state index is 11.8. The molecule has 1 heterocycles. The first kappa shape index (κ1) is 19.7. The summed E-state index contributed by atoms with van der Waals surface area (Å²) in [6.07, 6.45) is 7.92. The minimum Gasteiger partial charge on any atom is -0.486 e. The molecule has 3 rings (SSSR count). The second kappa shape index (κ2) is 9.77. The van der Waals surface area contributed by atoms with Crippen molar-refractivity contribution in [3.63, 3.8) is 0 Å². The van der Waals surface area contributed by atoms with Gasteiger partial charge in [0.1, 0.15) is 13.2 Å². The number of imide groups is 1. The van der Waals surface area contributed by atoms with E-state index in [0.29, 0.717) is 24.7 Å². The average molecular weight is 388 g/mol. The van der Waals surface area contributed by atoms with Crippen molar-refractivity contribution in [2.75, 3.05) is 19.8 Å². The van der Waals surface area contributed by atoms with Gasteiger partial charge in [-0.15, -0.1) is 0 Å². The van der Waals surface area contributed by atoms with Crippen LogP contribution in [0.1, 0.15) is 37.7 Å². The monoisotopic (exact) mass is 388 g/mol. The van der Waals surface area contributed by atoms with Crippen LogP contribution in [0, 0.1) is 0 Å². The summed E-state index contributed by atoms with van der Waals surface area (Å²) in [5.74, 6) is -0.0774. The lowest BCUT2D eigenvalue weighted by molar-refractivity contribution is -0.143. The molecule has 150 valence electrons. The van der Waals surface area contributed by atoms with Crippen LogP contribution < -0.4 is 20.1 Å². The van der Waals surface area contributed by atoms with Gasteiger partial charge in [-0.05, 0) is 36.6 Å². The lowest BCUT2D eigenvalue weighted by Gasteiger charge is -2.22. The number of benzene rings is 1. The van der Waals surface area contributed by atoms with Gasteiger partial charge in [0.2, 0.25) is 0 Å². The number of amides is 3. The van der Waals surface area contributed by atoms with E-state index in [1.807, 2.05) is 0 Å². The molecule has 8 heteroatoms. The van der Waals surface area contributed by atoms with Crippen molar-refractivity contribution < 1.29 is 28.6 Å². The molecule has 1 aromatic carbocycles. The zero-order valence-corrected chi connectivity index (χ0v) is 15.6. The number of ether oxygens (including phenoxy) is 3. The number of urea groups is 1. The maximum Gasteiger partial charge on any atom is 0.331 e. The molecule has 0 unspecified atom stereocenters. The molecule has 8 nitrogen and oxygen atoms in total. The van der Waals surface area contributed by atoms with Crippen molar-refractivity contribution in [3.05, 3.63) is 29.8 Å². The third-order valence-electron chi connectivity index (χ3n) is 4.52. The Morgan fingerprint density at radius 1 is 1.07 bits per heavy atom. The van der Waals surface area contributed by atoms with Gasteiger partial charge in [-0.25, -0.2) is 9.59 Å². The SMILES string of the molecule is O=C(COC(=O)C=Cc1ccc2c(c1)OCCO2)NC(=O)NC1CCCCC1. The van der Waals surface area contributed by atoms with Crippen molar-refractivity contribution >= 4 is 24.0 Å².